The average Bonchev–Trinajstić information content (AvgIpc) is 2.84. The molecule has 1 fully saturated rings. The Balaban J connectivity index is 1.93. The van der Waals surface area contributed by atoms with Crippen molar-refractivity contribution in [2.75, 3.05) is 0 Å². The van der Waals surface area contributed by atoms with Gasteiger partial charge >= 0.3 is 0 Å². The van der Waals surface area contributed by atoms with Crippen LogP contribution in [0.4, 0.5) is 0 Å². The molecule has 1 amide bonds. The van der Waals surface area contributed by atoms with E-state index < -0.39 is 0 Å². The van der Waals surface area contributed by atoms with E-state index in [2.05, 4.69) is 34.3 Å². The van der Waals surface area contributed by atoms with Crippen LogP contribution in [-0.2, 0) is 4.79 Å². The summed E-state index contributed by atoms with van der Waals surface area (Å²) in [6.45, 7) is 6.03. The third-order valence-corrected chi connectivity index (χ3v) is 5.53. The number of hydrogen-bond donors (Lipinski definition) is 2. The maximum Gasteiger partial charge on any atom is 0.234 e. The number of aromatic amines is 1. The Kier molecular flexibility index (Phi) is 6.73. The standard InChI is InChI=1S/C16H28N4OS/c1-11(2)14(22-16-17-12(3)19-20-16)15(21)18-13-9-7-5-4-6-8-10-13/h11,13-14H,4-10H2,1-3H3,(H,18,21)(H,17,19,20)/t14-/m0/s1. The van der Waals surface area contributed by atoms with E-state index in [0.29, 0.717) is 11.2 Å². The van der Waals surface area contributed by atoms with Crippen LogP contribution in [0.2, 0.25) is 0 Å². The van der Waals surface area contributed by atoms with Gasteiger partial charge in [-0.05, 0) is 25.7 Å². The number of carbonyl (C=O) groups excluding carboxylic acids is 1. The fourth-order valence-corrected chi connectivity index (χ4v) is 3.83. The van der Waals surface area contributed by atoms with Crippen LogP contribution < -0.4 is 5.32 Å². The first-order valence-corrected chi connectivity index (χ1v) is 9.30. The van der Waals surface area contributed by atoms with Gasteiger partial charge in [-0.15, -0.1) is 5.10 Å². The van der Waals surface area contributed by atoms with E-state index in [9.17, 15) is 4.79 Å². The Hall–Kier alpha value is -1.04. The Morgan fingerprint density at radius 2 is 1.86 bits per heavy atom. The van der Waals surface area contributed by atoms with Crippen LogP contribution in [0.15, 0.2) is 5.16 Å². The highest BCUT2D eigenvalue weighted by Crippen LogP contribution is 2.26. The van der Waals surface area contributed by atoms with Gasteiger partial charge in [-0.1, -0.05) is 57.7 Å². The zero-order valence-electron chi connectivity index (χ0n) is 13.9. The summed E-state index contributed by atoms with van der Waals surface area (Å²) >= 11 is 1.46. The summed E-state index contributed by atoms with van der Waals surface area (Å²) in [6, 6.07) is 0.337. The third kappa shape index (κ3) is 5.30. The van der Waals surface area contributed by atoms with Crippen molar-refractivity contribution >= 4 is 17.7 Å². The van der Waals surface area contributed by atoms with Gasteiger partial charge in [0.25, 0.3) is 0 Å². The molecule has 1 atom stereocenters. The molecule has 0 aliphatic heterocycles. The highest BCUT2D eigenvalue weighted by atomic mass is 32.2. The fraction of sp³-hybridized carbons (Fsp3) is 0.812. The molecule has 2 N–H and O–H groups in total. The molecule has 1 aliphatic rings. The minimum Gasteiger partial charge on any atom is -0.352 e. The Labute approximate surface area is 137 Å². The van der Waals surface area contributed by atoms with Crippen LogP contribution in [0.3, 0.4) is 0 Å². The van der Waals surface area contributed by atoms with Crippen LogP contribution in [0.1, 0.15) is 64.6 Å². The summed E-state index contributed by atoms with van der Waals surface area (Å²) in [7, 11) is 0. The topological polar surface area (TPSA) is 70.7 Å². The lowest BCUT2D eigenvalue weighted by molar-refractivity contribution is -0.122. The first-order chi connectivity index (χ1) is 10.6. The quantitative estimate of drug-likeness (QED) is 0.814. The maximum atomic E-state index is 12.7. The van der Waals surface area contributed by atoms with E-state index in [1.165, 1.54) is 43.9 Å². The second kappa shape index (κ2) is 8.56. The second-order valence-electron chi connectivity index (χ2n) is 6.54. The number of H-pyrrole nitrogens is 1. The summed E-state index contributed by atoms with van der Waals surface area (Å²) in [4.78, 5) is 17.0. The number of thioether (sulfide) groups is 1. The van der Waals surface area contributed by atoms with Crippen molar-refractivity contribution in [3.05, 3.63) is 5.82 Å². The molecule has 0 radical (unpaired) electrons. The lowest BCUT2D eigenvalue weighted by Gasteiger charge is -2.25. The summed E-state index contributed by atoms with van der Waals surface area (Å²) in [5, 5.41) is 10.8. The van der Waals surface area contributed by atoms with Crippen molar-refractivity contribution in [3.8, 4) is 0 Å². The Morgan fingerprint density at radius 1 is 1.23 bits per heavy atom. The number of nitrogens with zero attached hydrogens (tertiary/aromatic N) is 2. The smallest absolute Gasteiger partial charge is 0.234 e. The zero-order valence-corrected chi connectivity index (χ0v) is 14.7. The van der Waals surface area contributed by atoms with Gasteiger partial charge in [0.05, 0.1) is 5.25 Å². The first kappa shape index (κ1) is 17.3. The molecular formula is C16H28N4OS. The van der Waals surface area contributed by atoms with Crippen molar-refractivity contribution in [1.82, 2.24) is 20.5 Å². The molecule has 1 heterocycles. The van der Waals surface area contributed by atoms with Gasteiger partial charge in [-0.3, -0.25) is 9.89 Å². The van der Waals surface area contributed by atoms with Gasteiger partial charge in [-0.2, -0.15) is 0 Å². The molecule has 0 saturated heterocycles. The normalized spacial score (nSPS) is 18.7. The highest BCUT2D eigenvalue weighted by molar-refractivity contribution is 8.00. The molecule has 5 nitrogen and oxygen atoms in total. The van der Waals surface area contributed by atoms with Crippen molar-refractivity contribution in [3.63, 3.8) is 0 Å². The predicted molar refractivity (Wildman–Crippen MR) is 89.9 cm³/mol. The minimum atomic E-state index is -0.138. The SMILES string of the molecule is Cc1nc(S[C@H](C(=O)NC2CCCCCCC2)C(C)C)n[nH]1. The number of rotatable bonds is 5. The van der Waals surface area contributed by atoms with E-state index in [-0.39, 0.29) is 17.1 Å². The van der Waals surface area contributed by atoms with Crippen LogP contribution >= 0.6 is 11.8 Å². The second-order valence-corrected chi connectivity index (χ2v) is 7.65. The zero-order chi connectivity index (χ0) is 15.9. The van der Waals surface area contributed by atoms with Gasteiger partial charge in [0.1, 0.15) is 5.82 Å². The lowest BCUT2D eigenvalue weighted by Crippen LogP contribution is -2.42. The molecule has 2 rings (SSSR count). The average molecular weight is 324 g/mol. The maximum absolute atomic E-state index is 12.7. The Morgan fingerprint density at radius 3 is 2.41 bits per heavy atom. The first-order valence-electron chi connectivity index (χ1n) is 8.42. The number of amides is 1. The number of nitrogens with one attached hydrogen (secondary N) is 2. The lowest BCUT2D eigenvalue weighted by atomic mass is 9.96. The van der Waals surface area contributed by atoms with E-state index in [4.69, 9.17) is 0 Å². The molecule has 6 heteroatoms. The molecule has 0 bridgehead atoms. The van der Waals surface area contributed by atoms with E-state index in [0.717, 1.165) is 18.7 Å². The summed E-state index contributed by atoms with van der Waals surface area (Å²) in [5.74, 6) is 1.16. The molecule has 124 valence electrons. The number of hydrogen-bond acceptors (Lipinski definition) is 4. The summed E-state index contributed by atoms with van der Waals surface area (Å²) in [5.41, 5.74) is 0. The Bertz CT molecular complexity index is 466. The molecule has 22 heavy (non-hydrogen) atoms. The fourth-order valence-electron chi connectivity index (χ4n) is 2.86. The van der Waals surface area contributed by atoms with Crippen LogP contribution in [0, 0.1) is 12.8 Å². The number of aromatic nitrogens is 3. The van der Waals surface area contributed by atoms with E-state index in [1.54, 1.807) is 0 Å². The summed E-state index contributed by atoms with van der Waals surface area (Å²) in [6.07, 6.45) is 8.61. The van der Waals surface area contributed by atoms with Crippen molar-refractivity contribution in [2.45, 2.75) is 82.2 Å². The monoisotopic (exact) mass is 324 g/mol. The molecule has 0 aromatic carbocycles. The molecule has 0 unspecified atom stereocenters. The van der Waals surface area contributed by atoms with Crippen LogP contribution in [0.25, 0.3) is 0 Å². The summed E-state index contributed by atoms with van der Waals surface area (Å²) < 4.78 is 0. The molecule has 1 aromatic rings. The molecular weight excluding hydrogens is 296 g/mol. The largest absolute Gasteiger partial charge is 0.352 e. The molecule has 1 aliphatic carbocycles. The van der Waals surface area contributed by atoms with E-state index >= 15 is 0 Å². The van der Waals surface area contributed by atoms with Crippen LogP contribution in [0.5, 0.6) is 0 Å². The molecule has 1 saturated carbocycles. The molecule has 1 aromatic heterocycles. The minimum absolute atomic E-state index is 0.132. The predicted octanol–water partition coefficient (Wildman–Crippen LogP) is 3.46. The van der Waals surface area contributed by atoms with Gasteiger partial charge in [0.15, 0.2) is 0 Å². The number of aryl methyl sites for hydroxylation is 1. The van der Waals surface area contributed by atoms with Crippen molar-refractivity contribution in [2.24, 2.45) is 5.92 Å². The number of carbonyl (C=O) groups is 1. The van der Waals surface area contributed by atoms with Crippen LogP contribution in [-0.4, -0.2) is 32.4 Å². The van der Waals surface area contributed by atoms with Crippen molar-refractivity contribution in [1.29, 1.82) is 0 Å². The van der Waals surface area contributed by atoms with E-state index in [1.807, 2.05) is 6.92 Å². The van der Waals surface area contributed by atoms with Gasteiger partial charge < -0.3 is 5.32 Å². The van der Waals surface area contributed by atoms with Crippen molar-refractivity contribution < 1.29 is 4.79 Å². The van der Waals surface area contributed by atoms with Gasteiger partial charge in [0.2, 0.25) is 11.1 Å². The van der Waals surface area contributed by atoms with Gasteiger partial charge in [0, 0.05) is 6.04 Å². The third-order valence-electron chi connectivity index (χ3n) is 4.12. The van der Waals surface area contributed by atoms with Gasteiger partial charge in [-0.25, -0.2) is 4.98 Å². The highest BCUT2D eigenvalue weighted by Gasteiger charge is 2.27. The molecule has 0 spiro atoms.